The topological polar surface area (TPSA) is 97.5 Å². The molecule has 0 amide bonds. The summed E-state index contributed by atoms with van der Waals surface area (Å²) in [5.74, 6) is 0.312. The van der Waals surface area contributed by atoms with E-state index in [0.29, 0.717) is 26.5 Å². The van der Waals surface area contributed by atoms with E-state index in [2.05, 4.69) is 19.9 Å². The second-order valence-electron chi connectivity index (χ2n) is 4.26. The number of hydrogen-bond donors (Lipinski definition) is 2. The number of pyridine rings is 1. The van der Waals surface area contributed by atoms with Crippen LogP contribution in [-0.4, -0.2) is 19.9 Å². The molecule has 0 saturated carbocycles. The van der Waals surface area contributed by atoms with Gasteiger partial charge < -0.3 is 5.73 Å². The van der Waals surface area contributed by atoms with E-state index in [-0.39, 0.29) is 10.1 Å². The predicted octanol–water partition coefficient (Wildman–Crippen LogP) is 2.86. The summed E-state index contributed by atoms with van der Waals surface area (Å²) in [6, 6.07) is 3.64. The molecular weight excluding hydrogens is 330 g/mol. The van der Waals surface area contributed by atoms with Crippen LogP contribution in [0.1, 0.15) is 17.7 Å². The number of H-pyrrole nitrogens is 1. The Morgan fingerprint density at radius 1 is 1.43 bits per heavy atom. The fourth-order valence-corrected chi connectivity index (χ4v) is 3.43. The third-order valence-electron chi connectivity index (χ3n) is 2.79. The van der Waals surface area contributed by atoms with Crippen LogP contribution < -0.4 is 10.6 Å². The van der Waals surface area contributed by atoms with Gasteiger partial charge in [0.05, 0.1) is 0 Å². The third-order valence-corrected chi connectivity index (χ3v) is 4.93. The standard InChI is InChI=1S/C12H10ClN5OS2/c1-5(6-2-3-7(13)15-4-6)20-11-16-9(14)8-10(17-11)18-12(19)21-8/h2-5H,1H3,(H3,14,16,17,18,19). The van der Waals surface area contributed by atoms with Crippen molar-refractivity contribution in [3.63, 3.8) is 0 Å². The average Bonchev–Trinajstić information content (AvgIpc) is 2.80. The number of halogens is 1. The highest BCUT2D eigenvalue weighted by atomic mass is 35.5. The minimum Gasteiger partial charge on any atom is -0.382 e. The molecule has 9 heteroatoms. The van der Waals surface area contributed by atoms with Gasteiger partial charge in [-0.3, -0.25) is 9.78 Å². The highest BCUT2D eigenvalue weighted by Gasteiger charge is 2.14. The molecule has 0 saturated heterocycles. The molecule has 0 aromatic carbocycles. The number of aromatic amines is 1. The molecule has 0 aliphatic heterocycles. The lowest BCUT2D eigenvalue weighted by Gasteiger charge is -2.10. The fourth-order valence-electron chi connectivity index (χ4n) is 1.75. The largest absolute Gasteiger partial charge is 0.382 e. The molecule has 0 aliphatic carbocycles. The van der Waals surface area contributed by atoms with Crippen LogP contribution in [-0.2, 0) is 0 Å². The van der Waals surface area contributed by atoms with Crippen molar-refractivity contribution in [2.24, 2.45) is 0 Å². The number of hydrogen-bond acceptors (Lipinski definition) is 7. The van der Waals surface area contributed by atoms with Gasteiger partial charge in [0.25, 0.3) is 0 Å². The summed E-state index contributed by atoms with van der Waals surface area (Å²) in [7, 11) is 0. The van der Waals surface area contributed by atoms with Crippen molar-refractivity contribution >= 4 is 50.9 Å². The molecule has 3 heterocycles. The van der Waals surface area contributed by atoms with Gasteiger partial charge in [-0.1, -0.05) is 40.8 Å². The lowest BCUT2D eigenvalue weighted by Crippen LogP contribution is -1.98. The lowest BCUT2D eigenvalue weighted by molar-refractivity contribution is 0.977. The molecular formula is C12H10ClN5OS2. The fraction of sp³-hybridized carbons (Fsp3) is 0.167. The van der Waals surface area contributed by atoms with Gasteiger partial charge in [0.15, 0.2) is 10.8 Å². The summed E-state index contributed by atoms with van der Waals surface area (Å²) in [5, 5.41) is 1.04. The molecule has 0 bridgehead atoms. The van der Waals surface area contributed by atoms with E-state index in [9.17, 15) is 4.79 Å². The summed E-state index contributed by atoms with van der Waals surface area (Å²) in [6.45, 7) is 2.01. The highest BCUT2D eigenvalue weighted by Crippen LogP contribution is 2.34. The summed E-state index contributed by atoms with van der Waals surface area (Å²) < 4.78 is 0.588. The number of rotatable bonds is 3. The molecule has 21 heavy (non-hydrogen) atoms. The van der Waals surface area contributed by atoms with E-state index < -0.39 is 0 Å². The maximum atomic E-state index is 11.3. The first-order valence-electron chi connectivity index (χ1n) is 5.97. The number of anilines is 1. The van der Waals surface area contributed by atoms with E-state index >= 15 is 0 Å². The number of nitrogen functional groups attached to an aromatic ring is 1. The van der Waals surface area contributed by atoms with Crippen molar-refractivity contribution in [1.82, 2.24) is 19.9 Å². The van der Waals surface area contributed by atoms with Crippen LogP contribution in [0.3, 0.4) is 0 Å². The van der Waals surface area contributed by atoms with Crippen molar-refractivity contribution in [2.75, 3.05) is 5.73 Å². The highest BCUT2D eigenvalue weighted by molar-refractivity contribution is 7.99. The molecule has 3 rings (SSSR count). The monoisotopic (exact) mass is 339 g/mol. The maximum absolute atomic E-state index is 11.3. The molecule has 1 atom stereocenters. The van der Waals surface area contributed by atoms with Crippen LogP contribution in [0.4, 0.5) is 5.82 Å². The SMILES string of the molecule is CC(Sc1nc(N)c2sc(=O)[nH]c2n1)c1ccc(Cl)nc1. The quantitative estimate of drug-likeness (QED) is 0.432. The Kier molecular flexibility index (Phi) is 3.83. The average molecular weight is 340 g/mol. The third kappa shape index (κ3) is 3.02. The van der Waals surface area contributed by atoms with Crippen molar-refractivity contribution in [1.29, 1.82) is 0 Å². The Balaban J connectivity index is 1.90. The van der Waals surface area contributed by atoms with E-state index in [4.69, 9.17) is 17.3 Å². The van der Waals surface area contributed by atoms with E-state index in [1.807, 2.05) is 13.0 Å². The van der Waals surface area contributed by atoms with Crippen molar-refractivity contribution < 1.29 is 0 Å². The first-order valence-corrected chi connectivity index (χ1v) is 8.05. The summed E-state index contributed by atoms with van der Waals surface area (Å²) >= 11 is 8.22. The molecule has 0 aliphatic rings. The van der Waals surface area contributed by atoms with Crippen LogP contribution in [0.5, 0.6) is 0 Å². The number of fused-ring (bicyclic) bond motifs is 1. The number of nitrogens with two attached hydrogens (primary N) is 1. The Morgan fingerprint density at radius 3 is 2.95 bits per heavy atom. The molecule has 0 radical (unpaired) electrons. The minimum atomic E-state index is -0.192. The predicted molar refractivity (Wildman–Crippen MR) is 86.0 cm³/mol. The summed E-state index contributed by atoms with van der Waals surface area (Å²) in [6.07, 6.45) is 1.72. The molecule has 3 aromatic rings. The Bertz CT molecular complexity index is 845. The van der Waals surface area contributed by atoms with Crippen molar-refractivity contribution in [2.45, 2.75) is 17.3 Å². The zero-order valence-corrected chi connectivity index (χ0v) is 13.2. The number of nitrogens with one attached hydrogen (secondary N) is 1. The van der Waals surface area contributed by atoms with Crippen LogP contribution in [0.15, 0.2) is 28.3 Å². The molecule has 3 aromatic heterocycles. The van der Waals surface area contributed by atoms with Crippen LogP contribution in [0.25, 0.3) is 10.3 Å². The van der Waals surface area contributed by atoms with E-state index in [1.165, 1.54) is 11.8 Å². The first-order chi connectivity index (χ1) is 10.0. The van der Waals surface area contributed by atoms with Crippen molar-refractivity contribution in [3.05, 3.63) is 38.7 Å². The maximum Gasteiger partial charge on any atom is 0.306 e. The number of nitrogens with zero attached hydrogens (tertiary/aromatic N) is 3. The molecule has 108 valence electrons. The van der Waals surface area contributed by atoms with Crippen LogP contribution in [0.2, 0.25) is 5.15 Å². The second-order valence-corrected chi connectivity index (χ2v) is 6.94. The van der Waals surface area contributed by atoms with Gasteiger partial charge >= 0.3 is 4.87 Å². The number of aromatic nitrogens is 4. The molecule has 6 nitrogen and oxygen atoms in total. The Labute approximate surface area is 132 Å². The molecule has 0 fully saturated rings. The number of thioether (sulfide) groups is 1. The van der Waals surface area contributed by atoms with Gasteiger partial charge in [0.1, 0.15) is 15.7 Å². The lowest BCUT2D eigenvalue weighted by atomic mass is 10.2. The summed E-state index contributed by atoms with van der Waals surface area (Å²) in [5.41, 5.74) is 7.34. The van der Waals surface area contributed by atoms with Gasteiger partial charge in [-0.05, 0) is 18.6 Å². The smallest absolute Gasteiger partial charge is 0.306 e. The van der Waals surface area contributed by atoms with Gasteiger partial charge in [-0.2, -0.15) is 0 Å². The zero-order chi connectivity index (χ0) is 15.0. The first kappa shape index (κ1) is 14.3. The molecule has 1 unspecified atom stereocenters. The normalized spacial score (nSPS) is 12.7. The van der Waals surface area contributed by atoms with Gasteiger partial charge in [-0.25, -0.2) is 15.0 Å². The summed E-state index contributed by atoms with van der Waals surface area (Å²) in [4.78, 5) is 26.4. The van der Waals surface area contributed by atoms with Gasteiger partial charge in [-0.15, -0.1) is 0 Å². The van der Waals surface area contributed by atoms with Gasteiger partial charge in [0.2, 0.25) is 0 Å². The van der Waals surface area contributed by atoms with E-state index in [0.717, 1.165) is 16.9 Å². The molecule has 0 spiro atoms. The number of thiazole rings is 1. The van der Waals surface area contributed by atoms with Gasteiger partial charge in [0, 0.05) is 11.4 Å². The van der Waals surface area contributed by atoms with Crippen LogP contribution in [0, 0.1) is 0 Å². The second kappa shape index (κ2) is 5.63. The Hall–Kier alpha value is -1.64. The van der Waals surface area contributed by atoms with Crippen LogP contribution >= 0.6 is 34.7 Å². The van der Waals surface area contributed by atoms with E-state index in [1.54, 1.807) is 12.3 Å². The zero-order valence-electron chi connectivity index (χ0n) is 10.8. The van der Waals surface area contributed by atoms with Crippen molar-refractivity contribution in [3.8, 4) is 0 Å². The molecule has 3 N–H and O–H groups in total. The minimum absolute atomic E-state index is 0.0805. The Morgan fingerprint density at radius 2 is 2.24 bits per heavy atom.